The highest BCUT2D eigenvalue weighted by Gasteiger charge is 1.99. The molecule has 0 amide bonds. The zero-order chi connectivity index (χ0) is 12.9. The molecule has 94 valence electrons. The zero-order valence-corrected chi connectivity index (χ0v) is 10.9. The molecule has 2 N–H and O–H groups in total. The van der Waals surface area contributed by atoms with Gasteiger partial charge in [0.2, 0.25) is 5.95 Å². The molecule has 0 aliphatic carbocycles. The summed E-state index contributed by atoms with van der Waals surface area (Å²) in [6.45, 7) is 0. The van der Waals surface area contributed by atoms with Crippen LogP contribution in [0.3, 0.4) is 0 Å². The van der Waals surface area contributed by atoms with Gasteiger partial charge in [0, 0.05) is 4.90 Å². The van der Waals surface area contributed by atoms with Gasteiger partial charge in [-0.2, -0.15) is 10.1 Å². The lowest BCUT2D eigenvalue weighted by Gasteiger charge is -2.04. The molecule has 0 saturated carbocycles. The van der Waals surface area contributed by atoms with Gasteiger partial charge in [0.05, 0.1) is 0 Å². The molecular formula is C14H12N4S. The molecule has 3 aromatic rings. The molecule has 2 aromatic carbocycles. The lowest BCUT2D eigenvalue weighted by molar-refractivity contribution is 1.10. The lowest BCUT2D eigenvalue weighted by Crippen LogP contribution is -1.88. The Kier molecular flexibility index (Phi) is 3.47. The van der Waals surface area contributed by atoms with E-state index in [1.54, 1.807) is 0 Å². The normalized spacial score (nSPS) is 10.3. The first-order valence-electron chi connectivity index (χ1n) is 5.85. The first-order valence-corrected chi connectivity index (χ1v) is 6.67. The van der Waals surface area contributed by atoms with Crippen LogP contribution in [0.5, 0.6) is 0 Å². The fourth-order valence-electron chi connectivity index (χ4n) is 1.71. The molecule has 0 fully saturated rings. The minimum atomic E-state index is 0.650. The van der Waals surface area contributed by atoms with Gasteiger partial charge in [-0.05, 0) is 35.2 Å². The van der Waals surface area contributed by atoms with Crippen molar-refractivity contribution >= 4 is 17.9 Å². The third-order valence-corrected chi connectivity index (χ3v) is 3.45. The molecule has 0 radical (unpaired) electrons. The summed E-state index contributed by atoms with van der Waals surface area (Å²) in [5, 5.41) is 6.53. The number of nitrogens with one attached hydrogen (secondary N) is 2. The first-order chi connectivity index (χ1) is 9.42. The van der Waals surface area contributed by atoms with Crippen LogP contribution in [0.25, 0.3) is 11.1 Å². The number of rotatable bonds is 4. The van der Waals surface area contributed by atoms with Crippen LogP contribution in [0.4, 0.5) is 5.95 Å². The highest BCUT2D eigenvalue weighted by molar-refractivity contribution is 8.00. The standard InChI is InChI=1S/C14H12N4S/c1-2-4-11(5-3-1)12-6-8-13(9-7-12)19-18-14-15-10-16-17-14/h1-10H,(H2,15,16,17,18). The monoisotopic (exact) mass is 268 g/mol. The molecule has 0 atom stereocenters. The van der Waals surface area contributed by atoms with Gasteiger partial charge >= 0.3 is 0 Å². The van der Waals surface area contributed by atoms with Crippen LogP contribution < -0.4 is 4.72 Å². The highest BCUT2D eigenvalue weighted by Crippen LogP contribution is 2.24. The van der Waals surface area contributed by atoms with Gasteiger partial charge in [0.25, 0.3) is 0 Å². The van der Waals surface area contributed by atoms with Gasteiger partial charge < -0.3 is 0 Å². The van der Waals surface area contributed by atoms with Crippen molar-refractivity contribution < 1.29 is 0 Å². The van der Waals surface area contributed by atoms with Crippen molar-refractivity contribution in [3.8, 4) is 11.1 Å². The number of aromatic amines is 1. The molecule has 5 heteroatoms. The van der Waals surface area contributed by atoms with E-state index in [1.165, 1.54) is 29.4 Å². The maximum Gasteiger partial charge on any atom is 0.228 e. The molecule has 1 heterocycles. The second-order valence-corrected chi connectivity index (χ2v) is 4.81. The second-order valence-electron chi connectivity index (χ2n) is 3.93. The first kappa shape index (κ1) is 11.8. The van der Waals surface area contributed by atoms with Crippen LogP contribution in [0, 0.1) is 0 Å². The van der Waals surface area contributed by atoms with E-state index in [0.717, 1.165) is 4.90 Å². The van der Waals surface area contributed by atoms with Gasteiger partial charge in [0.15, 0.2) is 0 Å². The van der Waals surface area contributed by atoms with E-state index >= 15 is 0 Å². The number of hydrogen-bond acceptors (Lipinski definition) is 4. The van der Waals surface area contributed by atoms with Gasteiger partial charge in [-0.25, -0.2) is 5.10 Å². The van der Waals surface area contributed by atoms with Crippen molar-refractivity contribution in [3.05, 3.63) is 60.9 Å². The molecule has 1 aromatic heterocycles. The molecule has 4 nitrogen and oxygen atoms in total. The summed E-state index contributed by atoms with van der Waals surface area (Å²) in [7, 11) is 0. The zero-order valence-electron chi connectivity index (χ0n) is 10.1. The van der Waals surface area contributed by atoms with E-state index in [9.17, 15) is 0 Å². The Bertz CT molecular complexity index is 620. The van der Waals surface area contributed by atoms with E-state index < -0.39 is 0 Å². The van der Waals surface area contributed by atoms with Crippen molar-refractivity contribution in [3.63, 3.8) is 0 Å². The number of nitrogens with zero attached hydrogens (tertiary/aromatic N) is 2. The maximum atomic E-state index is 4.00. The van der Waals surface area contributed by atoms with E-state index in [0.29, 0.717) is 5.95 Å². The molecule has 19 heavy (non-hydrogen) atoms. The van der Waals surface area contributed by atoms with Crippen molar-refractivity contribution in [1.29, 1.82) is 0 Å². The van der Waals surface area contributed by atoms with Crippen LogP contribution in [-0.4, -0.2) is 15.2 Å². The summed E-state index contributed by atoms with van der Waals surface area (Å²) >= 11 is 1.50. The average molecular weight is 268 g/mol. The summed E-state index contributed by atoms with van der Waals surface area (Å²) in [6.07, 6.45) is 1.47. The predicted octanol–water partition coefficient (Wildman–Crippen LogP) is 3.59. The molecule has 0 aliphatic rings. The number of H-pyrrole nitrogens is 1. The predicted molar refractivity (Wildman–Crippen MR) is 77.7 cm³/mol. The average Bonchev–Trinajstić information content (AvgIpc) is 3.00. The topological polar surface area (TPSA) is 53.6 Å². The van der Waals surface area contributed by atoms with Crippen LogP contribution >= 0.6 is 11.9 Å². The van der Waals surface area contributed by atoms with Crippen LogP contribution in [-0.2, 0) is 0 Å². The van der Waals surface area contributed by atoms with Gasteiger partial charge in [-0.3, -0.25) is 4.72 Å². The quantitative estimate of drug-likeness (QED) is 0.710. The van der Waals surface area contributed by atoms with Crippen LogP contribution in [0.2, 0.25) is 0 Å². The summed E-state index contributed by atoms with van der Waals surface area (Å²) in [6, 6.07) is 18.7. The van der Waals surface area contributed by atoms with Gasteiger partial charge in [0.1, 0.15) is 6.33 Å². The summed E-state index contributed by atoms with van der Waals surface area (Å²) in [4.78, 5) is 5.12. The van der Waals surface area contributed by atoms with E-state index in [-0.39, 0.29) is 0 Å². The Hall–Kier alpha value is -2.27. The SMILES string of the molecule is c1ccc(-c2ccc(SNc3ncn[nH]3)cc2)cc1. The molecule has 0 spiro atoms. The highest BCUT2D eigenvalue weighted by atomic mass is 32.2. The summed E-state index contributed by atoms with van der Waals surface area (Å²) in [5.41, 5.74) is 2.44. The van der Waals surface area contributed by atoms with Crippen molar-refractivity contribution in [2.75, 3.05) is 4.72 Å². The Morgan fingerprint density at radius 3 is 2.32 bits per heavy atom. The van der Waals surface area contributed by atoms with Gasteiger partial charge in [-0.15, -0.1) is 0 Å². The minimum absolute atomic E-state index is 0.650. The fourth-order valence-corrected chi connectivity index (χ4v) is 2.29. The van der Waals surface area contributed by atoms with E-state index in [1.807, 2.05) is 18.2 Å². The molecule has 0 unspecified atom stereocenters. The Balaban J connectivity index is 1.69. The van der Waals surface area contributed by atoms with Crippen LogP contribution in [0.15, 0.2) is 65.8 Å². The van der Waals surface area contributed by atoms with E-state index in [4.69, 9.17) is 0 Å². The molecule has 3 rings (SSSR count). The van der Waals surface area contributed by atoms with Crippen LogP contribution in [0.1, 0.15) is 0 Å². The Morgan fingerprint density at radius 1 is 0.895 bits per heavy atom. The van der Waals surface area contributed by atoms with Gasteiger partial charge in [-0.1, -0.05) is 42.5 Å². The molecule has 0 bridgehead atoms. The fraction of sp³-hybridized carbons (Fsp3) is 0. The van der Waals surface area contributed by atoms with Crippen molar-refractivity contribution in [2.24, 2.45) is 0 Å². The number of aromatic nitrogens is 3. The van der Waals surface area contributed by atoms with Crippen molar-refractivity contribution in [2.45, 2.75) is 4.90 Å². The maximum absolute atomic E-state index is 4.00. The molecule has 0 aliphatic heterocycles. The smallest absolute Gasteiger partial charge is 0.228 e. The molecule has 0 saturated heterocycles. The van der Waals surface area contributed by atoms with Crippen molar-refractivity contribution in [1.82, 2.24) is 15.2 Å². The number of benzene rings is 2. The lowest BCUT2D eigenvalue weighted by atomic mass is 10.1. The third kappa shape index (κ3) is 2.95. The third-order valence-electron chi connectivity index (χ3n) is 2.64. The summed E-state index contributed by atoms with van der Waals surface area (Å²) in [5.74, 6) is 0.650. The summed E-state index contributed by atoms with van der Waals surface area (Å²) < 4.78 is 3.09. The number of anilines is 1. The minimum Gasteiger partial charge on any atom is -0.294 e. The number of hydrogen-bond donors (Lipinski definition) is 2. The Labute approximate surface area is 115 Å². The Morgan fingerprint density at radius 2 is 1.63 bits per heavy atom. The molecular weight excluding hydrogens is 256 g/mol. The largest absolute Gasteiger partial charge is 0.294 e. The van der Waals surface area contributed by atoms with E-state index in [2.05, 4.69) is 56.3 Å². The second kappa shape index (κ2) is 5.58.